The van der Waals surface area contributed by atoms with Crippen molar-refractivity contribution < 1.29 is 19.1 Å². The Balaban J connectivity index is 1.79. The van der Waals surface area contributed by atoms with Gasteiger partial charge in [-0.05, 0) is 53.4 Å². The lowest BCUT2D eigenvalue weighted by molar-refractivity contribution is -0.149. The number of ether oxygens (including phenoxy) is 2. The summed E-state index contributed by atoms with van der Waals surface area (Å²) in [6.07, 6.45) is 3.36. The first kappa shape index (κ1) is 22.3. The van der Waals surface area contributed by atoms with Gasteiger partial charge in [0.2, 0.25) is 0 Å². The lowest BCUT2D eigenvalue weighted by Gasteiger charge is -2.33. The molecule has 8 heteroatoms. The summed E-state index contributed by atoms with van der Waals surface area (Å²) in [4.78, 5) is 32.7. The number of hydrogen-bond donors (Lipinski definition) is 1. The molecule has 1 saturated heterocycles. The minimum Gasteiger partial charge on any atom is -0.466 e. The fourth-order valence-corrected chi connectivity index (χ4v) is 3.34. The summed E-state index contributed by atoms with van der Waals surface area (Å²) >= 11 is 0. The highest BCUT2D eigenvalue weighted by Gasteiger charge is 2.35. The maximum atomic E-state index is 12.4. The van der Waals surface area contributed by atoms with Gasteiger partial charge in [0.25, 0.3) is 0 Å². The van der Waals surface area contributed by atoms with Crippen LogP contribution in [0.2, 0.25) is 0 Å². The molecule has 1 aliphatic carbocycles. The van der Waals surface area contributed by atoms with E-state index in [4.69, 9.17) is 9.47 Å². The first-order valence-corrected chi connectivity index (χ1v) is 10.4. The molecule has 8 nitrogen and oxygen atoms in total. The molecule has 1 heterocycles. The molecule has 0 aromatic carbocycles. The Morgan fingerprint density at radius 2 is 1.82 bits per heavy atom. The van der Waals surface area contributed by atoms with Gasteiger partial charge in [-0.25, -0.2) is 4.79 Å². The van der Waals surface area contributed by atoms with E-state index in [0.29, 0.717) is 25.7 Å². The van der Waals surface area contributed by atoms with Crippen LogP contribution in [0, 0.1) is 5.92 Å². The zero-order chi connectivity index (χ0) is 20.7. The van der Waals surface area contributed by atoms with Gasteiger partial charge in [-0.3, -0.25) is 9.79 Å². The fourth-order valence-electron chi connectivity index (χ4n) is 3.34. The van der Waals surface area contributed by atoms with Crippen molar-refractivity contribution in [2.45, 2.75) is 65.0 Å². The van der Waals surface area contributed by atoms with Gasteiger partial charge in [-0.15, -0.1) is 0 Å². The molecule has 2 fully saturated rings. The lowest BCUT2D eigenvalue weighted by Crippen LogP contribution is -2.49. The lowest BCUT2D eigenvalue weighted by atomic mass is 9.97. The largest absolute Gasteiger partial charge is 0.466 e. The van der Waals surface area contributed by atoms with Gasteiger partial charge in [0, 0.05) is 39.3 Å². The van der Waals surface area contributed by atoms with Crippen molar-refractivity contribution in [2.75, 3.05) is 39.8 Å². The third-order valence-electron chi connectivity index (χ3n) is 4.88. The fraction of sp³-hybridized carbons (Fsp3) is 0.850. The smallest absolute Gasteiger partial charge is 0.410 e. The van der Waals surface area contributed by atoms with Crippen molar-refractivity contribution >= 4 is 18.0 Å². The number of guanidine groups is 1. The molecule has 0 bridgehead atoms. The summed E-state index contributed by atoms with van der Waals surface area (Å²) in [5, 5.41) is 3.35. The van der Waals surface area contributed by atoms with E-state index in [1.165, 1.54) is 0 Å². The van der Waals surface area contributed by atoms with Crippen LogP contribution in [-0.2, 0) is 14.3 Å². The zero-order valence-electron chi connectivity index (χ0n) is 18.0. The quantitative estimate of drug-likeness (QED) is 0.421. The van der Waals surface area contributed by atoms with Gasteiger partial charge in [0.15, 0.2) is 5.96 Å². The summed E-state index contributed by atoms with van der Waals surface area (Å²) in [6.45, 7) is 10.6. The minimum absolute atomic E-state index is 0.0215. The number of nitrogens with zero attached hydrogens (tertiary/aromatic N) is 3. The monoisotopic (exact) mass is 396 g/mol. The van der Waals surface area contributed by atoms with E-state index in [1.807, 2.05) is 32.6 Å². The average molecular weight is 397 g/mol. The molecule has 1 aliphatic heterocycles. The predicted molar refractivity (Wildman–Crippen MR) is 108 cm³/mol. The molecule has 0 radical (unpaired) electrons. The average Bonchev–Trinajstić information content (AvgIpc) is 3.45. The second kappa shape index (κ2) is 9.98. The van der Waals surface area contributed by atoms with E-state index in [2.05, 4.69) is 15.2 Å². The molecule has 1 amide bonds. The van der Waals surface area contributed by atoms with Gasteiger partial charge in [-0.2, -0.15) is 0 Å². The molecular formula is C20H36N4O4. The van der Waals surface area contributed by atoms with Crippen molar-refractivity contribution in [3.63, 3.8) is 0 Å². The van der Waals surface area contributed by atoms with Crippen LogP contribution in [0.5, 0.6) is 0 Å². The van der Waals surface area contributed by atoms with E-state index in [9.17, 15) is 9.59 Å². The molecule has 0 spiro atoms. The van der Waals surface area contributed by atoms with Gasteiger partial charge < -0.3 is 24.6 Å². The predicted octanol–water partition coefficient (Wildman–Crippen LogP) is 2.24. The van der Waals surface area contributed by atoms with Crippen LogP contribution >= 0.6 is 0 Å². The number of amides is 1. The van der Waals surface area contributed by atoms with Crippen LogP contribution in [0.25, 0.3) is 0 Å². The number of likely N-dealkylation sites (tertiary alicyclic amines) is 1. The standard InChI is InChI=1S/C20H36N4O4/c1-6-27-17(25)15-9-12-23(13-10-15)18(21-5)22-11-14-24(16-7-8-16)19(26)28-20(2,3)4/h15-16H,6-14H2,1-5H3,(H,21,22). The Kier molecular flexibility index (Phi) is 7.95. The second-order valence-electron chi connectivity index (χ2n) is 8.39. The minimum atomic E-state index is -0.489. The Hall–Kier alpha value is -1.99. The van der Waals surface area contributed by atoms with Gasteiger partial charge in [0.1, 0.15) is 5.60 Å². The first-order chi connectivity index (χ1) is 13.2. The molecule has 1 saturated carbocycles. The molecule has 0 aromatic rings. The summed E-state index contributed by atoms with van der Waals surface area (Å²) in [6, 6.07) is 0.291. The highest BCUT2D eigenvalue weighted by Crippen LogP contribution is 2.28. The Morgan fingerprint density at radius 1 is 1.18 bits per heavy atom. The van der Waals surface area contributed by atoms with E-state index >= 15 is 0 Å². The summed E-state index contributed by atoms with van der Waals surface area (Å²) < 4.78 is 10.7. The maximum Gasteiger partial charge on any atom is 0.410 e. The van der Waals surface area contributed by atoms with Crippen LogP contribution in [0.15, 0.2) is 4.99 Å². The summed E-state index contributed by atoms with van der Waals surface area (Å²) in [5.41, 5.74) is -0.489. The summed E-state index contributed by atoms with van der Waals surface area (Å²) in [7, 11) is 1.76. The van der Waals surface area contributed by atoms with Gasteiger partial charge in [-0.1, -0.05) is 0 Å². The number of rotatable bonds is 6. The number of carbonyl (C=O) groups excluding carboxylic acids is 2. The Labute approximate surface area is 168 Å². The number of hydrogen-bond acceptors (Lipinski definition) is 5. The topological polar surface area (TPSA) is 83.5 Å². The number of nitrogens with one attached hydrogen (secondary N) is 1. The molecule has 0 unspecified atom stereocenters. The molecule has 28 heavy (non-hydrogen) atoms. The molecule has 0 atom stereocenters. The van der Waals surface area contributed by atoms with Crippen LogP contribution in [-0.4, -0.2) is 79.3 Å². The van der Waals surface area contributed by atoms with Crippen molar-refractivity contribution in [3.05, 3.63) is 0 Å². The normalized spacial score (nSPS) is 18.6. The molecule has 1 N–H and O–H groups in total. The third kappa shape index (κ3) is 6.87. The first-order valence-electron chi connectivity index (χ1n) is 10.4. The van der Waals surface area contributed by atoms with Crippen molar-refractivity contribution in [1.82, 2.24) is 15.1 Å². The third-order valence-corrected chi connectivity index (χ3v) is 4.88. The maximum absolute atomic E-state index is 12.4. The van der Waals surface area contributed by atoms with Crippen molar-refractivity contribution in [3.8, 4) is 0 Å². The molecule has 160 valence electrons. The number of aliphatic imine (C=N–C) groups is 1. The van der Waals surface area contributed by atoms with Gasteiger partial charge in [0.05, 0.1) is 12.5 Å². The highest BCUT2D eigenvalue weighted by molar-refractivity contribution is 5.80. The zero-order valence-corrected chi connectivity index (χ0v) is 18.0. The summed E-state index contributed by atoms with van der Waals surface area (Å²) in [5.74, 6) is 0.691. The van der Waals surface area contributed by atoms with Crippen LogP contribution in [0.4, 0.5) is 4.79 Å². The van der Waals surface area contributed by atoms with Crippen LogP contribution < -0.4 is 5.32 Å². The molecule has 2 aliphatic rings. The van der Waals surface area contributed by atoms with Crippen LogP contribution in [0.3, 0.4) is 0 Å². The number of esters is 1. The highest BCUT2D eigenvalue weighted by atomic mass is 16.6. The van der Waals surface area contributed by atoms with Crippen molar-refractivity contribution in [2.24, 2.45) is 10.9 Å². The Morgan fingerprint density at radius 3 is 2.32 bits per heavy atom. The number of carbonyl (C=O) groups is 2. The Bertz CT molecular complexity index is 561. The number of piperidine rings is 1. The van der Waals surface area contributed by atoms with E-state index in [1.54, 1.807) is 7.05 Å². The van der Waals surface area contributed by atoms with Crippen LogP contribution in [0.1, 0.15) is 53.4 Å². The van der Waals surface area contributed by atoms with Gasteiger partial charge >= 0.3 is 12.1 Å². The van der Waals surface area contributed by atoms with E-state index in [-0.39, 0.29) is 18.0 Å². The SMILES string of the molecule is CCOC(=O)C1CCN(C(=NC)NCCN(C(=O)OC(C)(C)C)C2CC2)CC1. The molecular weight excluding hydrogens is 360 g/mol. The second-order valence-corrected chi connectivity index (χ2v) is 8.39. The van der Waals surface area contributed by atoms with E-state index in [0.717, 1.165) is 44.7 Å². The molecule has 0 aromatic heterocycles. The van der Waals surface area contributed by atoms with E-state index < -0.39 is 5.60 Å². The van der Waals surface area contributed by atoms with Crippen molar-refractivity contribution in [1.29, 1.82) is 0 Å². The molecule has 2 rings (SSSR count).